The highest BCUT2D eigenvalue weighted by Crippen LogP contribution is 2.40. The Balaban J connectivity index is 1.55. The van der Waals surface area contributed by atoms with Crippen molar-refractivity contribution in [1.82, 2.24) is 9.80 Å². The first-order valence-corrected chi connectivity index (χ1v) is 11.6. The van der Waals surface area contributed by atoms with Gasteiger partial charge in [0.2, 0.25) is 0 Å². The first kappa shape index (κ1) is 22.7. The van der Waals surface area contributed by atoms with Crippen LogP contribution >= 0.6 is 0 Å². The highest BCUT2D eigenvalue weighted by Gasteiger charge is 2.48. The van der Waals surface area contributed by atoms with Gasteiger partial charge in [-0.15, -0.1) is 0 Å². The number of halogens is 3. The molecule has 1 aromatic carbocycles. The third-order valence-electron chi connectivity index (χ3n) is 5.73. The molecule has 2 fully saturated rings. The predicted molar refractivity (Wildman–Crippen MR) is 102 cm³/mol. The van der Waals surface area contributed by atoms with E-state index in [-0.39, 0.29) is 49.9 Å². The fraction of sp³-hybridized carbons (Fsp3) is 0.632. The van der Waals surface area contributed by atoms with Gasteiger partial charge in [0, 0.05) is 38.9 Å². The number of hydrogen-bond acceptors (Lipinski definition) is 5. The molecule has 0 unspecified atom stereocenters. The van der Waals surface area contributed by atoms with Crippen LogP contribution in [0.5, 0.6) is 5.75 Å². The molecule has 0 aromatic heterocycles. The minimum absolute atomic E-state index is 0.0930. The molecule has 1 amide bonds. The molecule has 1 N–H and O–H groups in total. The number of hydrogen-bond donors (Lipinski definition) is 1. The molecule has 0 bridgehead atoms. The lowest BCUT2D eigenvalue weighted by Gasteiger charge is -2.45. The van der Waals surface area contributed by atoms with Crippen molar-refractivity contribution in [3.63, 3.8) is 0 Å². The van der Waals surface area contributed by atoms with Crippen LogP contribution in [-0.2, 0) is 9.84 Å². The van der Waals surface area contributed by atoms with Crippen molar-refractivity contribution in [2.75, 3.05) is 39.0 Å². The first-order chi connectivity index (χ1) is 14.0. The summed E-state index contributed by atoms with van der Waals surface area (Å²) in [7, 11) is -3.55. The first-order valence-electron chi connectivity index (χ1n) is 9.69. The van der Waals surface area contributed by atoms with Crippen LogP contribution in [0.2, 0.25) is 0 Å². The summed E-state index contributed by atoms with van der Waals surface area (Å²) >= 11 is 0. The van der Waals surface area contributed by atoms with Crippen LogP contribution in [0.15, 0.2) is 23.1 Å². The number of sulfone groups is 1. The molecule has 0 spiro atoms. The van der Waals surface area contributed by atoms with E-state index in [0.29, 0.717) is 6.42 Å². The highest BCUT2D eigenvalue weighted by atomic mass is 32.2. The van der Waals surface area contributed by atoms with Gasteiger partial charge in [-0.05, 0) is 37.0 Å². The minimum atomic E-state index is -3.55. The van der Waals surface area contributed by atoms with Gasteiger partial charge in [-0.1, -0.05) is 0 Å². The summed E-state index contributed by atoms with van der Waals surface area (Å²) in [5.74, 6) is -4.45. The Bertz CT molecular complexity index is 888. The van der Waals surface area contributed by atoms with Crippen LogP contribution in [0.1, 0.15) is 19.3 Å². The summed E-state index contributed by atoms with van der Waals surface area (Å²) in [6.45, 7) is 0.857. The second kappa shape index (κ2) is 8.62. The van der Waals surface area contributed by atoms with Crippen molar-refractivity contribution in [3.8, 4) is 5.75 Å². The molecular formula is C19H25F3N2O5S. The van der Waals surface area contributed by atoms with Gasteiger partial charge in [0.05, 0.1) is 17.5 Å². The molecule has 7 nitrogen and oxygen atoms in total. The van der Waals surface area contributed by atoms with Crippen LogP contribution in [0.4, 0.5) is 18.0 Å². The Hall–Kier alpha value is -2.01. The number of amides is 1. The number of nitrogens with zero attached hydrogens (tertiary/aromatic N) is 2. The van der Waals surface area contributed by atoms with Crippen molar-refractivity contribution in [1.29, 1.82) is 0 Å². The standard InChI is InChI=1S/C19H25F3N2O5S/c1-30(27,28)14-3-4-16(15(20)10-14)29-12-13-2-5-17(19(21,22)11-13)23-6-8-24(9-7-23)18(25)26/h3-4,10,13,17H,2,5-9,11-12H2,1H3,(H,25,26)/t13-,17-/m1/s1. The zero-order chi connectivity index (χ0) is 22.1. The summed E-state index contributed by atoms with van der Waals surface area (Å²) in [4.78, 5) is 13.7. The van der Waals surface area contributed by atoms with E-state index in [1.807, 2.05) is 0 Å². The molecule has 1 saturated carbocycles. The van der Waals surface area contributed by atoms with E-state index >= 15 is 0 Å². The van der Waals surface area contributed by atoms with E-state index in [4.69, 9.17) is 9.84 Å². The maximum Gasteiger partial charge on any atom is 0.407 e. The van der Waals surface area contributed by atoms with E-state index in [9.17, 15) is 26.4 Å². The fourth-order valence-corrected chi connectivity index (χ4v) is 4.71. The number of benzene rings is 1. The van der Waals surface area contributed by atoms with Crippen molar-refractivity contribution >= 4 is 15.9 Å². The summed E-state index contributed by atoms with van der Waals surface area (Å²) < 4.78 is 71.9. The zero-order valence-electron chi connectivity index (χ0n) is 16.6. The van der Waals surface area contributed by atoms with Gasteiger partial charge in [-0.2, -0.15) is 0 Å². The largest absolute Gasteiger partial charge is 0.490 e. The average molecular weight is 450 g/mol. The van der Waals surface area contributed by atoms with E-state index in [1.165, 1.54) is 17.0 Å². The van der Waals surface area contributed by atoms with E-state index in [1.54, 1.807) is 4.90 Å². The Labute approximate surface area is 173 Å². The normalized spacial score (nSPS) is 25.1. The molecule has 168 valence electrons. The van der Waals surface area contributed by atoms with Crippen LogP contribution in [0.3, 0.4) is 0 Å². The van der Waals surface area contributed by atoms with Crippen molar-refractivity contribution in [2.24, 2.45) is 5.92 Å². The van der Waals surface area contributed by atoms with Gasteiger partial charge < -0.3 is 14.7 Å². The van der Waals surface area contributed by atoms with Gasteiger partial charge in [-0.25, -0.2) is 26.4 Å². The lowest BCUT2D eigenvalue weighted by atomic mass is 9.82. The molecule has 30 heavy (non-hydrogen) atoms. The van der Waals surface area contributed by atoms with Crippen LogP contribution < -0.4 is 4.74 Å². The van der Waals surface area contributed by atoms with Crippen molar-refractivity contribution < 1.29 is 36.2 Å². The van der Waals surface area contributed by atoms with E-state index in [2.05, 4.69) is 0 Å². The number of carboxylic acid groups (broad SMARTS) is 1. The molecule has 1 aliphatic heterocycles. The summed E-state index contributed by atoms with van der Waals surface area (Å²) in [5, 5.41) is 8.99. The van der Waals surface area contributed by atoms with Gasteiger partial charge in [-0.3, -0.25) is 4.90 Å². The molecule has 3 rings (SSSR count). The molecule has 1 aliphatic carbocycles. The highest BCUT2D eigenvalue weighted by molar-refractivity contribution is 7.90. The van der Waals surface area contributed by atoms with Crippen LogP contribution in [0.25, 0.3) is 0 Å². The number of ether oxygens (including phenoxy) is 1. The molecule has 2 aliphatic rings. The smallest absolute Gasteiger partial charge is 0.407 e. The third-order valence-corrected chi connectivity index (χ3v) is 6.84. The average Bonchev–Trinajstić information content (AvgIpc) is 2.65. The molecule has 2 atom stereocenters. The Morgan fingerprint density at radius 2 is 1.90 bits per heavy atom. The number of alkyl halides is 2. The molecule has 1 saturated heterocycles. The quantitative estimate of drug-likeness (QED) is 0.742. The summed E-state index contributed by atoms with van der Waals surface area (Å²) in [5.41, 5.74) is 0. The molecule has 0 radical (unpaired) electrons. The van der Waals surface area contributed by atoms with Gasteiger partial charge >= 0.3 is 6.09 Å². The Morgan fingerprint density at radius 1 is 1.23 bits per heavy atom. The number of piperazine rings is 1. The predicted octanol–water partition coefficient (Wildman–Crippen LogP) is 2.71. The molecule has 11 heteroatoms. The van der Waals surface area contributed by atoms with Gasteiger partial charge in [0.25, 0.3) is 5.92 Å². The monoisotopic (exact) mass is 450 g/mol. The maximum absolute atomic E-state index is 14.8. The summed E-state index contributed by atoms with van der Waals surface area (Å²) in [6.07, 6.45) is 0.232. The maximum atomic E-state index is 14.8. The third kappa shape index (κ3) is 5.18. The Kier molecular flexibility index (Phi) is 6.51. The number of rotatable bonds is 5. The number of carbonyl (C=O) groups is 1. The Morgan fingerprint density at radius 3 is 2.43 bits per heavy atom. The van der Waals surface area contributed by atoms with E-state index < -0.39 is 46.1 Å². The SMILES string of the molecule is CS(=O)(=O)c1ccc(OC[C@@H]2CC[C@@H](N3CCN(C(=O)O)CC3)C(F)(F)C2)c(F)c1. The topological polar surface area (TPSA) is 87.2 Å². The van der Waals surface area contributed by atoms with Crippen LogP contribution in [-0.4, -0.2) is 80.4 Å². The second-order valence-electron chi connectivity index (χ2n) is 7.91. The van der Waals surface area contributed by atoms with Crippen molar-refractivity contribution in [3.05, 3.63) is 24.0 Å². The minimum Gasteiger partial charge on any atom is -0.490 e. The van der Waals surface area contributed by atoms with Crippen molar-refractivity contribution in [2.45, 2.75) is 36.1 Å². The lowest BCUT2D eigenvalue weighted by molar-refractivity contribution is -0.129. The molecule has 1 aromatic rings. The summed E-state index contributed by atoms with van der Waals surface area (Å²) in [6, 6.07) is 2.32. The van der Waals surface area contributed by atoms with Crippen LogP contribution in [0, 0.1) is 11.7 Å². The van der Waals surface area contributed by atoms with E-state index in [0.717, 1.165) is 12.3 Å². The van der Waals surface area contributed by atoms with Gasteiger partial charge in [0.1, 0.15) is 0 Å². The zero-order valence-corrected chi connectivity index (χ0v) is 17.4. The van der Waals surface area contributed by atoms with Gasteiger partial charge in [0.15, 0.2) is 21.4 Å². The molecule has 1 heterocycles. The lowest BCUT2D eigenvalue weighted by Crippen LogP contribution is -2.58. The second-order valence-corrected chi connectivity index (χ2v) is 9.92. The fourth-order valence-electron chi connectivity index (χ4n) is 4.08. The molecular weight excluding hydrogens is 425 g/mol.